The molecular weight excluding hydrogens is 238 g/mol. The summed E-state index contributed by atoms with van der Waals surface area (Å²) in [5.74, 6) is 0.298. The van der Waals surface area contributed by atoms with Crippen LogP contribution in [-0.4, -0.2) is 21.4 Å². The fourth-order valence-electron chi connectivity index (χ4n) is 2.22. The van der Waals surface area contributed by atoms with Gasteiger partial charge in [-0.2, -0.15) is 5.10 Å². The van der Waals surface area contributed by atoms with Crippen molar-refractivity contribution in [2.45, 2.75) is 33.9 Å². The van der Waals surface area contributed by atoms with Gasteiger partial charge in [-0.1, -0.05) is 19.1 Å². The second kappa shape index (κ2) is 5.89. The van der Waals surface area contributed by atoms with Crippen LogP contribution in [-0.2, 0) is 13.1 Å². The molecule has 1 aromatic carbocycles. The van der Waals surface area contributed by atoms with Crippen LogP contribution in [0.15, 0.2) is 24.3 Å². The van der Waals surface area contributed by atoms with Crippen molar-refractivity contribution in [3.63, 3.8) is 0 Å². The van der Waals surface area contributed by atoms with E-state index in [0.29, 0.717) is 12.3 Å². The number of hydrogen-bond acceptors (Lipinski definition) is 3. The number of rotatable bonds is 5. The van der Waals surface area contributed by atoms with Gasteiger partial charge in [-0.25, -0.2) is 0 Å². The molecule has 0 aliphatic rings. The van der Waals surface area contributed by atoms with Crippen LogP contribution in [0.2, 0.25) is 0 Å². The minimum atomic E-state index is 0.298. The average Bonchev–Trinajstić information content (AvgIpc) is 2.62. The van der Waals surface area contributed by atoms with Crippen molar-refractivity contribution >= 4 is 0 Å². The number of benzene rings is 1. The molecule has 2 N–H and O–H groups in total. The summed E-state index contributed by atoms with van der Waals surface area (Å²) in [5, 5.41) is 17.4. The number of phenols is 1. The van der Waals surface area contributed by atoms with Crippen LogP contribution in [0, 0.1) is 13.8 Å². The number of aromatic nitrogens is 2. The molecule has 0 aliphatic heterocycles. The molecule has 0 aliphatic carbocycles. The number of phenolic OH excluding ortho intramolecular Hbond substituents is 1. The van der Waals surface area contributed by atoms with Gasteiger partial charge in [0.05, 0.1) is 12.2 Å². The third-order valence-corrected chi connectivity index (χ3v) is 3.33. The quantitative estimate of drug-likeness (QED) is 0.866. The Labute approximate surface area is 114 Å². The first-order chi connectivity index (χ1) is 9.11. The van der Waals surface area contributed by atoms with Crippen LogP contribution < -0.4 is 5.32 Å². The Hall–Kier alpha value is -1.81. The average molecular weight is 259 g/mol. The van der Waals surface area contributed by atoms with Crippen LogP contribution in [0.1, 0.15) is 29.4 Å². The Bertz CT molecular complexity index is 561. The van der Waals surface area contributed by atoms with Gasteiger partial charge < -0.3 is 10.4 Å². The molecule has 0 spiro atoms. The third kappa shape index (κ3) is 3.15. The number of nitrogens with one attached hydrogen (secondary N) is 1. The molecule has 0 radical (unpaired) electrons. The van der Waals surface area contributed by atoms with Gasteiger partial charge in [0.1, 0.15) is 5.75 Å². The van der Waals surface area contributed by atoms with E-state index in [1.54, 1.807) is 12.1 Å². The summed E-state index contributed by atoms with van der Waals surface area (Å²) in [4.78, 5) is 0. The van der Waals surface area contributed by atoms with Gasteiger partial charge in [-0.15, -0.1) is 0 Å². The highest BCUT2D eigenvalue weighted by Crippen LogP contribution is 2.16. The standard InChI is InChI=1S/C15H21N3O/c1-4-16-9-15-11(2)17-18(12(15)3)10-13-6-5-7-14(19)8-13/h5-8,16,19H,4,9-10H2,1-3H3. The topological polar surface area (TPSA) is 50.1 Å². The van der Waals surface area contributed by atoms with Gasteiger partial charge in [-0.05, 0) is 38.1 Å². The summed E-state index contributed by atoms with van der Waals surface area (Å²) in [7, 11) is 0. The molecule has 0 saturated heterocycles. The minimum Gasteiger partial charge on any atom is -0.508 e. The lowest BCUT2D eigenvalue weighted by atomic mass is 10.2. The lowest BCUT2D eigenvalue weighted by Crippen LogP contribution is -2.13. The Balaban J connectivity index is 2.21. The van der Waals surface area contributed by atoms with E-state index in [4.69, 9.17) is 0 Å². The van der Waals surface area contributed by atoms with Crippen molar-refractivity contribution < 1.29 is 5.11 Å². The van der Waals surface area contributed by atoms with E-state index >= 15 is 0 Å². The number of hydrogen-bond donors (Lipinski definition) is 2. The molecule has 0 fully saturated rings. The molecule has 102 valence electrons. The van der Waals surface area contributed by atoms with Crippen molar-refractivity contribution in [2.24, 2.45) is 0 Å². The van der Waals surface area contributed by atoms with Crippen LogP contribution >= 0.6 is 0 Å². The molecule has 0 unspecified atom stereocenters. The van der Waals surface area contributed by atoms with E-state index in [1.165, 1.54) is 11.3 Å². The van der Waals surface area contributed by atoms with Crippen molar-refractivity contribution in [2.75, 3.05) is 6.54 Å². The van der Waals surface area contributed by atoms with E-state index < -0.39 is 0 Å². The molecular formula is C15H21N3O. The zero-order valence-corrected chi connectivity index (χ0v) is 11.8. The van der Waals surface area contributed by atoms with Gasteiger partial charge in [0, 0.05) is 17.8 Å². The number of aryl methyl sites for hydroxylation is 1. The van der Waals surface area contributed by atoms with Crippen LogP contribution in [0.5, 0.6) is 5.75 Å². The highest BCUT2D eigenvalue weighted by molar-refractivity contribution is 5.29. The van der Waals surface area contributed by atoms with Gasteiger partial charge in [-0.3, -0.25) is 4.68 Å². The molecule has 1 aromatic heterocycles. The molecule has 0 amide bonds. The van der Waals surface area contributed by atoms with E-state index in [1.807, 2.05) is 23.7 Å². The molecule has 2 aromatic rings. The highest BCUT2D eigenvalue weighted by atomic mass is 16.3. The summed E-state index contributed by atoms with van der Waals surface area (Å²) < 4.78 is 2.00. The summed E-state index contributed by atoms with van der Waals surface area (Å²) in [6.45, 7) is 8.73. The summed E-state index contributed by atoms with van der Waals surface area (Å²) >= 11 is 0. The maximum absolute atomic E-state index is 9.50. The van der Waals surface area contributed by atoms with E-state index in [-0.39, 0.29) is 0 Å². The zero-order valence-electron chi connectivity index (χ0n) is 11.8. The third-order valence-electron chi connectivity index (χ3n) is 3.33. The van der Waals surface area contributed by atoms with Gasteiger partial charge in [0.15, 0.2) is 0 Å². The molecule has 0 bridgehead atoms. The normalized spacial score (nSPS) is 10.9. The molecule has 4 nitrogen and oxygen atoms in total. The van der Waals surface area contributed by atoms with E-state index in [2.05, 4.69) is 24.3 Å². The van der Waals surface area contributed by atoms with Crippen molar-refractivity contribution in [3.8, 4) is 5.75 Å². The Morgan fingerprint density at radius 3 is 2.79 bits per heavy atom. The first-order valence-corrected chi connectivity index (χ1v) is 6.63. The largest absolute Gasteiger partial charge is 0.508 e. The van der Waals surface area contributed by atoms with E-state index in [9.17, 15) is 5.11 Å². The first-order valence-electron chi connectivity index (χ1n) is 6.63. The predicted molar refractivity (Wildman–Crippen MR) is 76.3 cm³/mol. The maximum atomic E-state index is 9.50. The van der Waals surface area contributed by atoms with Crippen LogP contribution in [0.4, 0.5) is 0 Å². The SMILES string of the molecule is CCNCc1c(C)nn(Cc2cccc(O)c2)c1C. The van der Waals surface area contributed by atoms with Crippen molar-refractivity contribution in [1.29, 1.82) is 0 Å². The molecule has 0 atom stereocenters. The van der Waals surface area contributed by atoms with E-state index in [0.717, 1.165) is 24.3 Å². The number of nitrogens with zero attached hydrogens (tertiary/aromatic N) is 2. The monoisotopic (exact) mass is 259 g/mol. The Kier molecular flexibility index (Phi) is 4.22. The second-order valence-corrected chi connectivity index (χ2v) is 4.76. The lowest BCUT2D eigenvalue weighted by molar-refractivity contribution is 0.474. The summed E-state index contributed by atoms with van der Waals surface area (Å²) in [6, 6.07) is 7.32. The van der Waals surface area contributed by atoms with Gasteiger partial charge in [0.25, 0.3) is 0 Å². The van der Waals surface area contributed by atoms with Crippen LogP contribution in [0.3, 0.4) is 0 Å². The Morgan fingerprint density at radius 1 is 1.32 bits per heavy atom. The predicted octanol–water partition coefficient (Wildman–Crippen LogP) is 2.36. The van der Waals surface area contributed by atoms with Gasteiger partial charge >= 0.3 is 0 Å². The molecule has 19 heavy (non-hydrogen) atoms. The van der Waals surface area contributed by atoms with Crippen LogP contribution in [0.25, 0.3) is 0 Å². The van der Waals surface area contributed by atoms with Gasteiger partial charge in [0.2, 0.25) is 0 Å². The minimum absolute atomic E-state index is 0.298. The molecule has 4 heteroatoms. The zero-order chi connectivity index (χ0) is 13.8. The molecule has 0 saturated carbocycles. The summed E-state index contributed by atoms with van der Waals surface area (Å²) in [6.07, 6.45) is 0. The molecule has 2 rings (SSSR count). The highest BCUT2D eigenvalue weighted by Gasteiger charge is 2.11. The number of aromatic hydroxyl groups is 1. The second-order valence-electron chi connectivity index (χ2n) is 4.76. The fourth-order valence-corrected chi connectivity index (χ4v) is 2.22. The fraction of sp³-hybridized carbons (Fsp3) is 0.400. The van der Waals surface area contributed by atoms with Crippen molar-refractivity contribution in [1.82, 2.24) is 15.1 Å². The van der Waals surface area contributed by atoms with Crippen molar-refractivity contribution in [3.05, 3.63) is 46.8 Å². The first kappa shape index (κ1) is 13.6. The lowest BCUT2D eigenvalue weighted by Gasteiger charge is -2.06. The summed E-state index contributed by atoms with van der Waals surface area (Å²) in [5.41, 5.74) is 4.57. The maximum Gasteiger partial charge on any atom is 0.115 e. The Morgan fingerprint density at radius 2 is 2.11 bits per heavy atom. The smallest absolute Gasteiger partial charge is 0.115 e. The molecule has 1 heterocycles.